The number of hydrogen-bond donors (Lipinski definition) is 3. The molecule has 2 atom stereocenters. The first-order valence-electron chi connectivity index (χ1n) is 21.2. The molecular weight excluding hydrogens is 798 g/mol. The summed E-state index contributed by atoms with van der Waals surface area (Å²) >= 11 is 6.39. The van der Waals surface area contributed by atoms with Crippen LogP contribution in [-0.4, -0.2) is 117 Å². The molecule has 0 fully saturated rings. The number of halogens is 1. The molecule has 61 heavy (non-hydrogen) atoms. The van der Waals surface area contributed by atoms with Gasteiger partial charge in [-0.1, -0.05) is 35.8 Å². The van der Waals surface area contributed by atoms with Gasteiger partial charge >= 0.3 is 0 Å². The van der Waals surface area contributed by atoms with E-state index in [4.69, 9.17) is 25.5 Å². The number of ether oxygens (including phenoxy) is 2. The van der Waals surface area contributed by atoms with Crippen LogP contribution < -0.4 is 25.4 Å². The van der Waals surface area contributed by atoms with Crippen molar-refractivity contribution in [1.29, 1.82) is 0 Å². The second-order valence-corrected chi connectivity index (χ2v) is 16.8. The molecule has 0 saturated heterocycles. The molecule has 0 aliphatic carbocycles. The van der Waals surface area contributed by atoms with Gasteiger partial charge in [0, 0.05) is 78.4 Å². The largest absolute Gasteiger partial charge is 0.494 e. The minimum Gasteiger partial charge on any atom is -0.494 e. The third-order valence-corrected chi connectivity index (χ3v) is 11.7. The van der Waals surface area contributed by atoms with Gasteiger partial charge in [0.2, 0.25) is 0 Å². The van der Waals surface area contributed by atoms with Gasteiger partial charge in [0.25, 0.3) is 5.91 Å². The Morgan fingerprint density at radius 2 is 1.31 bits per heavy atom. The van der Waals surface area contributed by atoms with Gasteiger partial charge in [-0.2, -0.15) is 9.81 Å². The summed E-state index contributed by atoms with van der Waals surface area (Å²) in [5.41, 5.74) is 1.12. The Morgan fingerprint density at radius 3 is 1.89 bits per heavy atom. The van der Waals surface area contributed by atoms with E-state index in [-0.39, 0.29) is 18.3 Å². The van der Waals surface area contributed by atoms with Crippen LogP contribution in [0.1, 0.15) is 77.7 Å². The fourth-order valence-corrected chi connectivity index (χ4v) is 6.76. The van der Waals surface area contributed by atoms with Crippen LogP contribution in [0.4, 0.5) is 0 Å². The molecule has 3 aromatic carbocycles. The van der Waals surface area contributed by atoms with Crippen molar-refractivity contribution in [2.24, 2.45) is 10.4 Å². The first kappa shape index (κ1) is 48.9. The maximum Gasteiger partial charge on any atom is 0.257 e. The number of hydrogen-bond acceptors (Lipinski definition) is 13. The Kier molecular flexibility index (Phi) is 18.8. The molecule has 2 unspecified atom stereocenters. The lowest BCUT2D eigenvalue weighted by molar-refractivity contribution is -0.123. The van der Waals surface area contributed by atoms with Gasteiger partial charge in [-0.25, -0.2) is 0 Å². The Morgan fingerprint density at radius 1 is 0.754 bits per heavy atom. The number of carbonyl (C=O) groups is 2. The number of amides is 1. The smallest absolute Gasteiger partial charge is 0.257 e. The standard InChI is InChI=1S/C46H64ClN7O7/c1-9-53(10-2)25-11-29-59-37-19-14-35(15-20-37)44-42(39-30-36(47)16-21-40(39)61-44)43(56)34-12-17-38(18-13-34)60-31-41(55)48-22-26-54(27-23-49-45(5,6)32(3)51-57)28-24-50-46(7,8)33(4)52-58/h12-21,30,32-33,49-50H,9-11,22-29,31H2,1-8H3,(H,48,55). The fourth-order valence-electron chi connectivity index (χ4n) is 6.59. The number of nitrogens with zero attached hydrogens (tertiary/aromatic N) is 4. The van der Waals surface area contributed by atoms with Crippen molar-refractivity contribution in [2.45, 2.75) is 85.0 Å². The van der Waals surface area contributed by atoms with Crippen molar-refractivity contribution >= 4 is 34.3 Å². The molecular formula is C46H64ClN7O7. The highest BCUT2D eigenvalue weighted by atomic mass is 35.5. The van der Waals surface area contributed by atoms with E-state index in [2.05, 4.69) is 50.0 Å². The molecule has 1 heterocycles. The average Bonchev–Trinajstić information content (AvgIpc) is 3.63. The molecule has 14 nitrogen and oxygen atoms in total. The molecule has 4 rings (SSSR count). The summed E-state index contributed by atoms with van der Waals surface area (Å²) < 4.78 is 18.1. The summed E-state index contributed by atoms with van der Waals surface area (Å²) in [7, 11) is 0. The summed E-state index contributed by atoms with van der Waals surface area (Å²) in [6.07, 6.45) is 0.922. The molecule has 0 aliphatic heterocycles. The summed E-state index contributed by atoms with van der Waals surface area (Å²) in [5, 5.41) is 17.2. The van der Waals surface area contributed by atoms with E-state index in [1.807, 2.05) is 52.0 Å². The van der Waals surface area contributed by atoms with Crippen molar-refractivity contribution in [1.82, 2.24) is 25.8 Å². The predicted octanol–water partition coefficient (Wildman–Crippen LogP) is 7.94. The molecule has 0 saturated carbocycles. The summed E-state index contributed by atoms with van der Waals surface area (Å²) in [4.78, 5) is 53.8. The zero-order chi connectivity index (χ0) is 44.6. The van der Waals surface area contributed by atoms with Crippen LogP contribution in [0.2, 0.25) is 5.02 Å². The van der Waals surface area contributed by atoms with Crippen molar-refractivity contribution in [3.63, 3.8) is 0 Å². The van der Waals surface area contributed by atoms with Gasteiger partial charge in [-0.15, -0.1) is 0 Å². The van der Waals surface area contributed by atoms with E-state index in [0.29, 0.717) is 84.5 Å². The second kappa shape index (κ2) is 23.5. The maximum absolute atomic E-state index is 14.2. The van der Waals surface area contributed by atoms with Crippen LogP contribution in [0.3, 0.4) is 0 Å². The number of rotatable bonds is 28. The SMILES string of the molecule is CCN(CC)CCCOc1ccc(-c2oc3ccc(Cl)cc3c2C(=O)c2ccc(OCC(=O)NCCN(CCNC(C)(C)C(C)N=O)CCNC(C)(C)C(C)N=O)cc2)cc1. The van der Waals surface area contributed by atoms with Crippen LogP contribution in [0.25, 0.3) is 22.3 Å². The van der Waals surface area contributed by atoms with E-state index in [1.165, 1.54) is 0 Å². The molecule has 0 radical (unpaired) electrons. The fraction of sp³-hybridized carbons (Fsp3) is 0.522. The van der Waals surface area contributed by atoms with Gasteiger partial charge < -0.3 is 34.7 Å². The highest BCUT2D eigenvalue weighted by Crippen LogP contribution is 2.37. The highest BCUT2D eigenvalue weighted by molar-refractivity contribution is 6.32. The van der Waals surface area contributed by atoms with Crippen molar-refractivity contribution in [3.8, 4) is 22.8 Å². The monoisotopic (exact) mass is 861 g/mol. The predicted molar refractivity (Wildman–Crippen MR) is 244 cm³/mol. The van der Waals surface area contributed by atoms with Crippen molar-refractivity contribution < 1.29 is 23.5 Å². The van der Waals surface area contributed by atoms with Gasteiger partial charge in [0.1, 0.15) is 34.9 Å². The van der Waals surface area contributed by atoms with Crippen LogP contribution in [0, 0.1) is 9.81 Å². The molecule has 1 aromatic heterocycles. The molecule has 0 bridgehead atoms. The lowest BCUT2D eigenvalue weighted by Gasteiger charge is -2.32. The Hall–Kier alpha value is -4.73. The van der Waals surface area contributed by atoms with Crippen LogP contribution >= 0.6 is 11.6 Å². The normalized spacial score (nSPS) is 13.0. The molecule has 4 aromatic rings. The third kappa shape index (κ3) is 14.4. The topological polar surface area (TPSA) is 167 Å². The van der Waals surface area contributed by atoms with E-state index in [9.17, 15) is 19.4 Å². The summed E-state index contributed by atoms with van der Waals surface area (Å²) in [6.45, 7) is 22.4. The molecule has 1 amide bonds. The van der Waals surface area contributed by atoms with Gasteiger partial charge in [-0.05, 0) is 128 Å². The average molecular weight is 863 g/mol. The number of carbonyl (C=O) groups excluding carboxylic acids is 2. The first-order chi connectivity index (χ1) is 29.1. The van der Waals surface area contributed by atoms with Gasteiger partial charge in [-0.3, -0.25) is 14.5 Å². The minimum absolute atomic E-state index is 0.212. The van der Waals surface area contributed by atoms with Crippen molar-refractivity contribution in [2.75, 3.05) is 72.1 Å². The van der Waals surface area contributed by atoms with Gasteiger partial charge in [0.15, 0.2) is 12.4 Å². The molecule has 0 aliphatic rings. The second-order valence-electron chi connectivity index (χ2n) is 16.4. The Labute approximate surface area is 365 Å². The highest BCUT2D eigenvalue weighted by Gasteiger charge is 2.28. The Balaban J connectivity index is 1.35. The van der Waals surface area contributed by atoms with E-state index in [0.717, 1.165) is 37.4 Å². The number of benzene rings is 3. The number of furan rings is 1. The number of nitrogens with one attached hydrogen (secondary N) is 3. The molecule has 332 valence electrons. The van der Waals surface area contributed by atoms with Crippen LogP contribution in [0.5, 0.6) is 11.5 Å². The third-order valence-electron chi connectivity index (χ3n) is 11.4. The van der Waals surface area contributed by atoms with Crippen molar-refractivity contribution in [3.05, 3.63) is 92.7 Å². The van der Waals surface area contributed by atoms with Crippen LogP contribution in [0.15, 0.2) is 81.5 Å². The maximum atomic E-state index is 14.2. The molecule has 3 N–H and O–H groups in total. The quantitative estimate of drug-likeness (QED) is 0.0288. The minimum atomic E-state index is -0.478. The van der Waals surface area contributed by atoms with Gasteiger partial charge in [0.05, 0.1) is 12.2 Å². The number of nitroso groups, excluding NO2 is 2. The first-order valence-corrected chi connectivity index (χ1v) is 21.6. The summed E-state index contributed by atoms with van der Waals surface area (Å²) in [5.74, 6) is 1.06. The zero-order valence-electron chi connectivity index (χ0n) is 37.0. The number of ketones is 1. The van der Waals surface area contributed by atoms with E-state index < -0.39 is 23.2 Å². The lowest BCUT2D eigenvalue weighted by atomic mass is 9.97. The molecule has 0 spiro atoms. The van der Waals surface area contributed by atoms with Crippen LogP contribution in [-0.2, 0) is 4.79 Å². The molecule has 15 heteroatoms. The number of fused-ring (bicyclic) bond motifs is 1. The zero-order valence-corrected chi connectivity index (χ0v) is 37.8. The van der Waals surface area contributed by atoms with E-state index >= 15 is 0 Å². The Bertz CT molecular complexity index is 1990. The lowest BCUT2D eigenvalue weighted by Crippen LogP contribution is -2.52. The van der Waals surface area contributed by atoms with E-state index in [1.54, 1.807) is 56.3 Å². The summed E-state index contributed by atoms with van der Waals surface area (Å²) in [6, 6.07) is 18.6.